The maximum atomic E-state index is 6.02. The molecule has 2 nitrogen and oxygen atoms in total. The Balaban J connectivity index is 2.48. The molecule has 0 aromatic rings. The number of rotatable bonds is 4. The summed E-state index contributed by atoms with van der Waals surface area (Å²) in [7, 11) is 2.25. The lowest BCUT2D eigenvalue weighted by Gasteiger charge is -2.40. The van der Waals surface area contributed by atoms with Crippen LogP contribution < -0.4 is 5.73 Å². The largest absolute Gasteiger partial charge is 0.330 e. The van der Waals surface area contributed by atoms with E-state index in [9.17, 15) is 0 Å². The molecule has 1 aliphatic carbocycles. The van der Waals surface area contributed by atoms with Crippen LogP contribution in [0.15, 0.2) is 0 Å². The lowest BCUT2D eigenvalue weighted by molar-refractivity contribution is 0.106. The molecular weight excluding hydrogens is 196 g/mol. The maximum Gasteiger partial charge on any atom is 0.00472 e. The van der Waals surface area contributed by atoms with Gasteiger partial charge >= 0.3 is 0 Å². The van der Waals surface area contributed by atoms with Crippen molar-refractivity contribution in [3.05, 3.63) is 0 Å². The van der Waals surface area contributed by atoms with E-state index in [1.54, 1.807) is 0 Å². The van der Waals surface area contributed by atoms with Crippen molar-refractivity contribution in [2.24, 2.45) is 16.6 Å². The fourth-order valence-corrected chi connectivity index (χ4v) is 3.17. The van der Waals surface area contributed by atoms with E-state index in [0.29, 0.717) is 10.8 Å². The molecule has 96 valence electrons. The monoisotopic (exact) mass is 226 g/mol. The van der Waals surface area contributed by atoms with Crippen LogP contribution in [-0.2, 0) is 0 Å². The van der Waals surface area contributed by atoms with Crippen molar-refractivity contribution < 1.29 is 0 Å². The fourth-order valence-electron chi connectivity index (χ4n) is 3.17. The summed E-state index contributed by atoms with van der Waals surface area (Å²) in [6.45, 7) is 10.1. The summed E-state index contributed by atoms with van der Waals surface area (Å²) in [5, 5.41) is 0. The Morgan fingerprint density at radius 3 is 2.12 bits per heavy atom. The summed E-state index contributed by atoms with van der Waals surface area (Å²) < 4.78 is 0. The molecule has 0 aliphatic heterocycles. The van der Waals surface area contributed by atoms with Gasteiger partial charge in [0.15, 0.2) is 0 Å². The zero-order valence-corrected chi connectivity index (χ0v) is 11.7. The lowest BCUT2D eigenvalue weighted by atomic mass is 9.73. The molecule has 16 heavy (non-hydrogen) atoms. The number of hydrogen-bond acceptors (Lipinski definition) is 2. The summed E-state index contributed by atoms with van der Waals surface area (Å²) in [4.78, 5) is 2.48. The van der Waals surface area contributed by atoms with E-state index in [1.807, 2.05) is 0 Å². The number of hydrogen-bond donors (Lipinski definition) is 1. The van der Waals surface area contributed by atoms with Gasteiger partial charge in [-0.3, -0.25) is 0 Å². The van der Waals surface area contributed by atoms with Crippen LogP contribution in [0.25, 0.3) is 0 Å². The van der Waals surface area contributed by atoms with Crippen molar-refractivity contribution in [2.45, 2.75) is 52.9 Å². The fraction of sp³-hybridized carbons (Fsp3) is 1.00. The van der Waals surface area contributed by atoms with Crippen LogP contribution in [0, 0.1) is 10.8 Å². The average Bonchev–Trinajstić information content (AvgIpc) is 2.16. The van der Waals surface area contributed by atoms with Gasteiger partial charge in [0, 0.05) is 13.1 Å². The first-order valence-corrected chi connectivity index (χ1v) is 6.76. The van der Waals surface area contributed by atoms with Gasteiger partial charge < -0.3 is 10.6 Å². The Kier molecular flexibility index (Phi) is 4.81. The Morgan fingerprint density at radius 2 is 1.69 bits per heavy atom. The summed E-state index contributed by atoms with van der Waals surface area (Å²) in [5.41, 5.74) is 6.83. The van der Waals surface area contributed by atoms with Crippen molar-refractivity contribution in [3.63, 3.8) is 0 Å². The highest BCUT2D eigenvalue weighted by Crippen LogP contribution is 2.36. The highest BCUT2D eigenvalue weighted by Gasteiger charge is 2.32. The van der Waals surface area contributed by atoms with E-state index in [-0.39, 0.29) is 0 Å². The first kappa shape index (κ1) is 14.0. The van der Waals surface area contributed by atoms with Crippen LogP contribution in [0.4, 0.5) is 0 Å². The summed E-state index contributed by atoms with van der Waals surface area (Å²) in [6, 6.07) is 0. The highest BCUT2D eigenvalue weighted by molar-refractivity contribution is 4.86. The number of nitrogens with two attached hydrogens (primary N) is 1. The molecule has 0 atom stereocenters. The molecule has 0 unspecified atom stereocenters. The van der Waals surface area contributed by atoms with Crippen LogP contribution in [0.3, 0.4) is 0 Å². The predicted molar refractivity (Wildman–Crippen MR) is 71.5 cm³/mol. The normalized spacial score (nSPS) is 21.4. The van der Waals surface area contributed by atoms with E-state index in [0.717, 1.165) is 13.1 Å². The molecule has 2 N–H and O–H groups in total. The quantitative estimate of drug-likeness (QED) is 0.798. The number of nitrogens with zero attached hydrogens (tertiary/aromatic N) is 1. The van der Waals surface area contributed by atoms with Gasteiger partial charge in [0.05, 0.1) is 0 Å². The molecular formula is C14H30N2. The van der Waals surface area contributed by atoms with Crippen molar-refractivity contribution in [1.29, 1.82) is 0 Å². The smallest absolute Gasteiger partial charge is 0.00472 e. The molecule has 1 rings (SSSR count). The third kappa shape index (κ3) is 4.42. The van der Waals surface area contributed by atoms with Crippen LogP contribution >= 0.6 is 0 Å². The summed E-state index contributed by atoms with van der Waals surface area (Å²) in [6.07, 6.45) is 6.82. The van der Waals surface area contributed by atoms with Crippen LogP contribution in [0.1, 0.15) is 52.9 Å². The molecule has 0 bridgehead atoms. The van der Waals surface area contributed by atoms with Crippen molar-refractivity contribution in [3.8, 4) is 0 Å². The second kappa shape index (κ2) is 5.50. The lowest BCUT2D eigenvalue weighted by Crippen LogP contribution is -2.44. The Hall–Kier alpha value is -0.0800. The van der Waals surface area contributed by atoms with Gasteiger partial charge in [-0.15, -0.1) is 0 Å². The van der Waals surface area contributed by atoms with Crippen LogP contribution in [0.2, 0.25) is 0 Å². The second-order valence-electron chi connectivity index (χ2n) is 7.00. The van der Waals surface area contributed by atoms with Crippen LogP contribution in [-0.4, -0.2) is 31.6 Å². The van der Waals surface area contributed by atoms with Crippen LogP contribution in [0.5, 0.6) is 0 Å². The summed E-state index contributed by atoms with van der Waals surface area (Å²) in [5.74, 6) is 0. The topological polar surface area (TPSA) is 29.3 Å². The SMILES string of the molecule is CN(CC(C)(C)C)CC1(CN)CCCCC1. The predicted octanol–water partition coefficient (Wildman–Crippen LogP) is 2.87. The average molecular weight is 226 g/mol. The van der Waals surface area contributed by atoms with Gasteiger partial charge in [0.1, 0.15) is 0 Å². The molecule has 0 saturated heterocycles. The van der Waals surface area contributed by atoms with Crippen molar-refractivity contribution >= 4 is 0 Å². The van der Waals surface area contributed by atoms with E-state index in [1.165, 1.54) is 38.6 Å². The molecule has 1 fully saturated rings. The van der Waals surface area contributed by atoms with Gasteiger partial charge in [0.2, 0.25) is 0 Å². The minimum atomic E-state index is 0.388. The maximum absolute atomic E-state index is 6.02. The van der Waals surface area contributed by atoms with Crippen molar-refractivity contribution in [1.82, 2.24) is 4.90 Å². The Labute approximate surface area is 102 Å². The van der Waals surface area contributed by atoms with Gasteiger partial charge in [-0.05, 0) is 37.3 Å². The molecule has 0 amide bonds. The summed E-state index contributed by atoms with van der Waals surface area (Å²) >= 11 is 0. The molecule has 0 radical (unpaired) electrons. The molecule has 1 aliphatic rings. The zero-order valence-electron chi connectivity index (χ0n) is 11.7. The third-order valence-corrected chi connectivity index (χ3v) is 3.70. The van der Waals surface area contributed by atoms with E-state index in [4.69, 9.17) is 5.73 Å². The van der Waals surface area contributed by atoms with Gasteiger partial charge in [-0.1, -0.05) is 40.0 Å². The zero-order chi connectivity index (χ0) is 12.2. The minimum absolute atomic E-state index is 0.388. The second-order valence-corrected chi connectivity index (χ2v) is 7.00. The third-order valence-electron chi connectivity index (χ3n) is 3.70. The Morgan fingerprint density at radius 1 is 1.12 bits per heavy atom. The molecule has 0 heterocycles. The molecule has 1 saturated carbocycles. The molecule has 0 spiro atoms. The van der Waals surface area contributed by atoms with Gasteiger partial charge in [-0.25, -0.2) is 0 Å². The van der Waals surface area contributed by atoms with Gasteiger partial charge in [-0.2, -0.15) is 0 Å². The molecule has 2 heteroatoms. The first-order chi connectivity index (χ1) is 7.37. The van der Waals surface area contributed by atoms with E-state index < -0.39 is 0 Å². The Bertz CT molecular complexity index is 199. The van der Waals surface area contributed by atoms with Gasteiger partial charge in [0.25, 0.3) is 0 Å². The molecule has 0 aromatic heterocycles. The standard InChI is InChI=1S/C14H30N2/c1-13(2,3)11-16(4)12-14(10-15)8-6-5-7-9-14/h5-12,15H2,1-4H3. The van der Waals surface area contributed by atoms with E-state index in [2.05, 4.69) is 32.7 Å². The minimum Gasteiger partial charge on any atom is -0.330 e. The van der Waals surface area contributed by atoms with E-state index >= 15 is 0 Å². The molecule has 0 aromatic carbocycles. The van der Waals surface area contributed by atoms with Crippen molar-refractivity contribution in [2.75, 3.05) is 26.7 Å². The highest BCUT2D eigenvalue weighted by atomic mass is 15.1. The first-order valence-electron chi connectivity index (χ1n) is 6.76.